The molecule has 0 radical (unpaired) electrons. The molecule has 0 aromatic carbocycles. The average molecular weight is 257 g/mol. The van der Waals surface area contributed by atoms with Gasteiger partial charge in [0.1, 0.15) is 4.60 Å². The van der Waals surface area contributed by atoms with E-state index in [2.05, 4.69) is 20.9 Å². The van der Waals surface area contributed by atoms with Gasteiger partial charge in [-0.2, -0.15) is 0 Å². The van der Waals surface area contributed by atoms with E-state index in [0.717, 1.165) is 23.0 Å². The molecule has 1 aromatic heterocycles. The quantitative estimate of drug-likeness (QED) is 0.809. The lowest BCUT2D eigenvalue weighted by Crippen LogP contribution is -2.27. The number of aliphatic hydroxyl groups is 1. The molecule has 14 heavy (non-hydrogen) atoms. The number of hydrogen-bond acceptors (Lipinski definition) is 3. The Hall–Kier alpha value is -0.450. The fraction of sp³-hybridized carbons (Fsp3) is 0.500. The zero-order valence-electron chi connectivity index (χ0n) is 7.73. The third kappa shape index (κ3) is 2.13. The minimum atomic E-state index is -0.419. The number of nitrogens with two attached hydrogens (primary N) is 1. The van der Waals surface area contributed by atoms with Gasteiger partial charge in [0, 0.05) is 6.20 Å². The number of aromatic nitrogens is 1. The van der Waals surface area contributed by atoms with Crippen molar-refractivity contribution < 1.29 is 5.11 Å². The lowest BCUT2D eigenvalue weighted by Gasteiger charge is -2.18. The fourth-order valence-electron chi connectivity index (χ4n) is 1.51. The van der Waals surface area contributed by atoms with Crippen molar-refractivity contribution in [2.24, 2.45) is 11.7 Å². The summed E-state index contributed by atoms with van der Waals surface area (Å²) in [5.74, 6) is 0.397. The number of aliphatic hydroxyl groups excluding tert-OH is 1. The molecule has 1 heterocycles. The third-order valence-electron chi connectivity index (χ3n) is 2.61. The van der Waals surface area contributed by atoms with Crippen LogP contribution < -0.4 is 5.73 Å². The van der Waals surface area contributed by atoms with Crippen LogP contribution in [0.25, 0.3) is 0 Å². The first-order valence-electron chi connectivity index (χ1n) is 4.73. The third-order valence-corrected chi connectivity index (χ3v) is 3.08. The topological polar surface area (TPSA) is 59.1 Å². The molecule has 1 fully saturated rings. The zero-order valence-corrected chi connectivity index (χ0v) is 9.31. The molecular formula is C10H13BrN2O. The number of nitrogens with zero attached hydrogens (tertiary/aromatic N) is 1. The maximum absolute atomic E-state index is 9.82. The van der Waals surface area contributed by atoms with Crippen LogP contribution in [0.2, 0.25) is 0 Å². The van der Waals surface area contributed by atoms with E-state index < -0.39 is 6.10 Å². The van der Waals surface area contributed by atoms with Gasteiger partial charge in [-0.25, -0.2) is 4.98 Å². The van der Waals surface area contributed by atoms with Crippen LogP contribution in [-0.2, 0) is 0 Å². The summed E-state index contributed by atoms with van der Waals surface area (Å²) in [5.41, 5.74) is 6.82. The predicted octanol–water partition coefficient (Wildman–Crippen LogP) is 1.61. The van der Waals surface area contributed by atoms with Crippen LogP contribution >= 0.6 is 15.9 Å². The van der Waals surface area contributed by atoms with Crippen molar-refractivity contribution in [3.63, 3.8) is 0 Å². The minimum Gasteiger partial charge on any atom is -0.391 e. The van der Waals surface area contributed by atoms with Gasteiger partial charge < -0.3 is 10.8 Å². The summed E-state index contributed by atoms with van der Waals surface area (Å²) in [4.78, 5) is 4.09. The van der Waals surface area contributed by atoms with Crippen molar-refractivity contribution >= 4 is 15.9 Å². The van der Waals surface area contributed by atoms with E-state index in [1.165, 1.54) is 0 Å². The van der Waals surface area contributed by atoms with E-state index in [9.17, 15) is 5.11 Å². The highest BCUT2D eigenvalue weighted by molar-refractivity contribution is 9.10. The van der Waals surface area contributed by atoms with Gasteiger partial charge in [0.05, 0.1) is 12.1 Å². The summed E-state index contributed by atoms with van der Waals surface area (Å²) in [6, 6.07) is 3.44. The average Bonchev–Trinajstić information content (AvgIpc) is 3.00. The Labute approximate surface area is 91.5 Å². The standard InChI is InChI=1S/C10H13BrN2O/c11-8-4-3-7(5-13-8)9(12)10(14)6-1-2-6/h3-6,9-10,14H,1-2,12H2/t9-,10+/m0/s1. The molecule has 0 aliphatic heterocycles. The van der Waals surface area contributed by atoms with Gasteiger partial charge in [0.15, 0.2) is 0 Å². The Kier molecular flexibility index (Phi) is 2.85. The maximum atomic E-state index is 9.82. The monoisotopic (exact) mass is 256 g/mol. The van der Waals surface area contributed by atoms with Gasteiger partial charge in [-0.1, -0.05) is 6.07 Å². The number of pyridine rings is 1. The molecule has 2 rings (SSSR count). The molecule has 0 saturated heterocycles. The van der Waals surface area contributed by atoms with E-state index >= 15 is 0 Å². The molecule has 0 amide bonds. The summed E-state index contributed by atoms with van der Waals surface area (Å²) < 4.78 is 0.786. The van der Waals surface area contributed by atoms with E-state index in [4.69, 9.17) is 5.73 Å². The van der Waals surface area contributed by atoms with E-state index in [0.29, 0.717) is 5.92 Å². The molecule has 0 bridgehead atoms. The first-order chi connectivity index (χ1) is 6.68. The van der Waals surface area contributed by atoms with Crippen LogP contribution in [0.4, 0.5) is 0 Å². The Morgan fingerprint density at radius 1 is 1.50 bits per heavy atom. The minimum absolute atomic E-state index is 0.303. The predicted molar refractivity (Wildman–Crippen MR) is 57.6 cm³/mol. The van der Waals surface area contributed by atoms with Crippen molar-refractivity contribution in [1.82, 2.24) is 4.98 Å². The molecule has 2 atom stereocenters. The smallest absolute Gasteiger partial charge is 0.106 e. The molecule has 1 aliphatic rings. The Morgan fingerprint density at radius 3 is 2.71 bits per heavy atom. The van der Waals surface area contributed by atoms with Crippen molar-refractivity contribution in [1.29, 1.82) is 0 Å². The highest BCUT2D eigenvalue weighted by Crippen LogP contribution is 2.37. The highest BCUT2D eigenvalue weighted by atomic mass is 79.9. The van der Waals surface area contributed by atoms with Gasteiger partial charge in [0.25, 0.3) is 0 Å². The number of hydrogen-bond donors (Lipinski definition) is 2. The number of halogens is 1. The normalized spacial score (nSPS) is 20.5. The fourth-order valence-corrected chi connectivity index (χ4v) is 1.75. The summed E-state index contributed by atoms with van der Waals surface area (Å²) in [6.45, 7) is 0. The zero-order chi connectivity index (χ0) is 10.1. The molecule has 0 unspecified atom stereocenters. The second-order valence-corrected chi connectivity index (χ2v) is 4.58. The molecule has 1 aliphatic carbocycles. The van der Waals surface area contributed by atoms with Gasteiger partial charge in [-0.3, -0.25) is 0 Å². The SMILES string of the molecule is N[C@@H](c1ccc(Br)nc1)[C@H](O)C1CC1. The second-order valence-electron chi connectivity index (χ2n) is 3.77. The van der Waals surface area contributed by atoms with E-state index in [1.54, 1.807) is 6.20 Å². The Balaban J connectivity index is 2.09. The molecule has 76 valence electrons. The molecule has 1 saturated carbocycles. The highest BCUT2D eigenvalue weighted by Gasteiger charge is 2.34. The van der Waals surface area contributed by atoms with Crippen LogP contribution in [0, 0.1) is 5.92 Å². The van der Waals surface area contributed by atoms with Crippen LogP contribution in [0.15, 0.2) is 22.9 Å². The second kappa shape index (κ2) is 3.96. The van der Waals surface area contributed by atoms with Gasteiger partial charge in [0.2, 0.25) is 0 Å². The lowest BCUT2D eigenvalue weighted by molar-refractivity contribution is 0.122. The van der Waals surface area contributed by atoms with Crippen molar-refractivity contribution in [3.8, 4) is 0 Å². The first kappa shape index (κ1) is 10.1. The van der Waals surface area contributed by atoms with Crippen LogP contribution in [0.3, 0.4) is 0 Å². The van der Waals surface area contributed by atoms with Gasteiger partial charge in [-0.05, 0) is 46.3 Å². The van der Waals surface area contributed by atoms with Crippen LogP contribution in [0.1, 0.15) is 24.4 Å². The van der Waals surface area contributed by atoms with Crippen LogP contribution in [0.5, 0.6) is 0 Å². The summed E-state index contributed by atoms with van der Waals surface area (Å²) >= 11 is 3.26. The summed E-state index contributed by atoms with van der Waals surface area (Å²) in [7, 11) is 0. The molecule has 4 heteroatoms. The number of rotatable bonds is 3. The molecule has 3 nitrogen and oxygen atoms in total. The van der Waals surface area contributed by atoms with Crippen molar-refractivity contribution in [2.75, 3.05) is 0 Å². The van der Waals surface area contributed by atoms with E-state index in [1.807, 2.05) is 12.1 Å². The van der Waals surface area contributed by atoms with Crippen LogP contribution in [-0.4, -0.2) is 16.2 Å². The first-order valence-corrected chi connectivity index (χ1v) is 5.53. The molecular weight excluding hydrogens is 244 g/mol. The maximum Gasteiger partial charge on any atom is 0.106 e. The largest absolute Gasteiger partial charge is 0.391 e. The molecule has 3 N–H and O–H groups in total. The van der Waals surface area contributed by atoms with Gasteiger partial charge >= 0.3 is 0 Å². The molecule has 0 spiro atoms. The Morgan fingerprint density at radius 2 is 2.21 bits per heavy atom. The summed E-state index contributed by atoms with van der Waals surface area (Å²) in [6.07, 6.45) is 3.48. The van der Waals surface area contributed by atoms with Gasteiger partial charge in [-0.15, -0.1) is 0 Å². The Bertz CT molecular complexity index is 310. The van der Waals surface area contributed by atoms with E-state index in [-0.39, 0.29) is 6.04 Å². The molecule has 1 aromatic rings. The van der Waals surface area contributed by atoms with Crippen molar-refractivity contribution in [3.05, 3.63) is 28.5 Å². The lowest BCUT2D eigenvalue weighted by atomic mass is 10.0. The summed E-state index contributed by atoms with van der Waals surface area (Å²) in [5, 5.41) is 9.82. The van der Waals surface area contributed by atoms with Crippen molar-refractivity contribution in [2.45, 2.75) is 25.0 Å².